The van der Waals surface area contributed by atoms with Crippen LogP contribution in [0.15, 0.2) is 11.2 Å². The SMILES string of the molecule is CCOC(=O)c1cc(CC)sc1NC(=O)CSc1nnc(CC2CCCCC2)n1C. The third kappa shape index (κ3) is 5.85. The van der Waals surface area contributed by atoms with Gasteiger partial charge < -0.3 is 14.6 Å². The van der Waals surface area contributed by atoms with Gasteiger partial charge in [0.25, 0.3) is 0 Å². The Labute approximate surface area is 186 Å². The molecule has 1 amide bonds. The number of carbonyl (C=O) groups excluding carboxylic acids is 2. The molecule has 9 heteroatoms. The molecule has 0 spiro atoms. The molecule has 1 N–H and O–H groups in total. The zero-order valence-electron chi connectivity index (χ0n) is 17.9. The van der Waals surface area contributed by atoms with Crippen LogP contribution in [0.4, 0.5) is 5.00 Å². The summed E-state index contributed by atoms with van der Waals surface area (Å²) in [4.78, 5) is 25.7. The zero-order valence-corrected chi connectivity index (χ0v) is 19.5. The van der Waals surface area contributed by atoms with Crippen molar-refractivity contribution in [2.24, 2.45) is 13.0 Å². The Hall–Kier alpha value is -1.87. The summed E-state index contributed by atoms with van der Waals surface area (Å²) >= 11 is 2.78. The van der Waals surface area contributed by atoms with E-state index in [0.29, 0.717) is 23.1 Å². The van der Waals surface area contributed by atoms with Crippen LogP contribution in [-0.4, -0.2) is 39.0 Å². The summed E-state index contributed by atoms with van der Waals surface area (Å²) in [6.07, 6.45) is 8.23. The summed E-state index contributed by atoms with van der Waals surface area (Å²) in [6, 6.07) is 1.80. The number of ether oxygens (including phenoxy) is 1. The van der Waals surface area contributed by atoms with Crippen molar-refractivity contribution < 1.29 is 14.3 Å². The van der Waals surface area contributed by atoms with Gasteiger partial charge >= 0.3 is 5.97 Å². The van der Waals surface area contributed by atoms with Crippen LogP contribution in [0.25, 0.3) is 0 Å². The predicted octanol–water partition coefficient (Wildman–Crippen LogP) is 4.47. The smallest absolute Gasteiger partial charge is 0.341 e. The molecule has 164 valence electrons. The van der Waals surface area contributed by atoms with Gasteiger partial charge in [-0.1, -0.05) is 50.8 Å². The number of rotatable bonds is 9. The number of thiophene rings is 1. The topological polar surface area (TPSA) is 86.1 Å². The standard InChI is InChI=1S/C21H30N4O3S2/c1-4-15-12-16(20(27)28-5-2)19(30-15)22-18(26)13-29-21-24-23-17(25(21)3)11-14-9-7-6-8-10-14/h12,14H,4-11,13H2,1-3H3,(H,22,26). The van der Waals surface area contributed by atoms with Gasteiger partial charge in [-0.05, 0) is 25.3 Å². The average Bonchev–Trinajstić information content (AvgIpc) is 3.31. The number of amides is 1. The van der Waals surface area contributed by atoms with E-state index in [0.717, 1.165) is 28.7 Å². The quantitative estimate of drug-likeness (QED) is 0.448. The van der Waals surface area contributed by atoms with E-state index in [-0.39, 0.29) is 11.7 Å². The van der Waals surface area contributed by atoms with E-state index in [9.17, 15) is 9.59 Å². The van der Waals surface area contributed by atoms with E-state index in [1.54, 1.807) is 13.0 Å². The number of esters is 1. The van der Waals surface area contributed by atoms with Crippen molar-refractivity contribution in [3.8, 4) is 0 Å². The Morgan fingerprint density at radius 3 is 2.73 bits per heavy atom. The first-order chi connectivity index (χ1) is 14.5. The molecular weight excluding hydrogens is 420 g/mol. The fourth-order valence-corrected chi connectivity index (χ4v) is 5.39. The summed E-state index contributed by atoms with van der Waals surface area (Å²) in [6.45, 7) is 4.08. The number of aryl methyl sites for hydroxylation is 1. The number of anilines is 1. The van der Waals surface area contributed by atoms with Crippen LogP contribution in [0.3, 0.4) is 0 Å². The molecule has 3 rings (SSSR count). The van der Waals surface area contributed by atoms with Crippen molar-refractivity contribution in [2.75, 3.05) is 17.7 Å². The predicted molar refractivity (Wildman–Crippen MR) is 120 cm³/mol. The third-order valence-corrected chi connectivity index (χ3v) is 7.55. The number of hydrogen-bond acceptors (Lipinski definition) is 7. The summed E-state index contributed by atoms with van der Waals surface area (Å²) in [5.41, 5.74) is 0.422. The third-order valence-electron chi connectivity index (χ3n) is 5.33. The second kappa shape index (κ2) is 10.9. The lowest BCUT2D eigenvalue weighted by Gasteiger charge is -2.20. The number of carbonyl (C=O) groups is 2. The van der Waals surface area contributed by atoms with Crippen molar-refractivity contribution in [2.45, 2.75) is 63.9 Å². The van der Waals surface area contributed by atoms with Crippen molar-refractivity contribution in [1.82, 2.24) is 14.8 Å². The number of nitrogens with zero attached hydrogens (tertiary/aromatic N) is 3. The molecule has 0 atom stereocenters. The second-order valence-electron chi connectivity index (χ2n) is 7.53. The van der Waals surface area contributed by atoms with Gasteiger partial charge in [-0.25, -0.2) is 4.79 Å². The van der Waals surface area contributed by atoms with Crippen LogP contribution in [0.2, 0.25) is 0 Å². The molecule has 2 aromatic heterocycles. The number of aromatic nitrogens is 3. The van der Waals surface area contributed by atoms with Gasteiger partial charge in [0, 0.05) is 18.3 Å². The fraction of sp³-hybridized carbons (Fsp3) is 0.619. The van der Waals surface area contributed by atoms with Crippen LogP contribution >= 0.6 is 23.1 Å². The van der Waals surface area contributed by atoms with E-state index < -0.39 is 5.97 Å². The van der Waals surface area contributed by atoms with Crippen molar-refractivity contribution in [1.29, 1.82) is 0 Å². The maximum absolute atomic E-state index is 12.5. The average molecular weight is 451 g/mol. The Balaban J connectivity index is 1.57. The number of thioether (sulfide) groups is 1. The second-order valence-corrected chi connectivity index (χ2v) is 9.61. The number of hydrogen-bond donors (Lipinski definition) is 1. The minimum atomic E-state index is -0.406. The van der Waals surface area contributed by atoms with Gasteiger partial charge in [0.15, 0.2) is 5.16 Å². The highest BCUT2D eigenvalue weighted by Crippen LogP contribution is 2.30. The molecule has 2 heterocycles. The van der Waals surface area contributed by atoms with E-state index in [4.69, 9.17) is 4.74 Å². The van der Waals surface area contributed by atoms with Gasteiger partial charge in [0.1, 0.15) is 10.8 Å². The molecule has 0 aromatic carbocycles. The molecule has 7 nitrogen and oxygen atoms in total. The Kier molecular flexibility index (Phi) is 8.32. The number of nitrogens with one attached hydrogen (secondary N) is 1. The van der Waals surface area contributed by atoms with E-state index in [1.807, 2.05) is 18.5 Å². The van der Waals surface area contributed by atoms with E-state index >= 15 is 0 Å². The fourth-order valence-electron chi connectivity index (χ4n) is 3.66. The van der Waals surface area contributed by atoms with Crippen LogP contribution in [0.1, 0.15) is 67.0 Å². The minimum Gasteiger partial charge on any atom is -0.462 e. The van der Waals surface area contributed by atoms with E-state index in [1.165, 1.54) is 55.2 Å². The van der Waals surface area contributed by atoms with Gasteiger partial charge in [0.2, 0.25) is 5.91 Å². The van der Waals surface area contributed by atoms with Crippen molar-refractivity contribution in [3.05, 3.63) is 22.3 Å². The molecule has 1 aliphatic carbocycles. The Bertz CT molecular complexity index is 872. The molecular formula is C21H30N4O3S2. The van der Waals surface area contributed by atoms with Crippen molar-refractivity contribution >= 4 is 40.0 Å². The Morgan fingerprint density at radius 2 is 2.03 bits per heavy atom. The van der Waals surface area contributed by atoms with Crippen LogP contribution in [0, 0.1) is 5.92 Å². The van der Waals surface area contributed by atoms with Crippen molar-refractivity contribution in [3.63, 3.8) is 0 Å². The van der Waals surface area contributed by atoms with Gasteiger partial charge in [0.05, 0.1) is 17.9 Å². The lowest BCUT2D eigenvalue weighted by atomic mass is 9.87. The summed E-state index contributed by atoms with van der Waals surface area (Å²) in [7, 11) is 1.96. The first kappa shape index (κ1) is 22.8. The zero-order chi connectivity index (χ0) is 21.5. The normalized spacial score (nSPS) is 14.6. The monoisotopic (exact) mass is 450 g/mol. The van der Waals surface area contributed by atoms with E-state index in [2.05, 4.69) is 15.5 Å². The molecule has 1 aliphatic rings. The summed E-state index contributed by atoms with van der Waals surface area (Å²) in [5.74, 6) is 1.30. The maximum atomic E-state index is 12.5. The molecule has 0 aliphatic heterocycles. The molecule has 1 saturated carbocycles. The first-order valence-electron chi connectivity index (χ1n) is 10.6. The van der Waals surface area contributed by atoms with Gasteiger partial charge in [-0.2, -0.15) is 0 Å². The largest absolute Gasteiger partial charge is 0.462 e. The minimum absolute atomic E-state index is 0.174. The molecule has 0 radical (unpaired) electrons. The van der Waals surface area contributed by atoms with Crippen LogP contribution in [0.5, 0.6) is 0 Å². The lowest BCUT2D eigenvalue weighted by Crippen LogP contribution is -2.16. The molecule has 0 unspecified atom stereocenters. The molecule has 1 fully saturated rings. The maximum Gasteiger partial charge on any atom is 0.341 e. The van der Waals surface area contributed by atoms with Gasteiger partial charge in [-0.3, -0.25) is 4.79 Å². The highest BCUT2D eigenvalue weighted by molar-refractivity contribution is 7.99. The summed E-state index contributed by atoms with van der Waals surface area (Å²) in [5, 5.41) is 12.8. The molecule has 30 heavy (non-hydrogen) atoms. The van der Waals surface area contributed by atoms with Crippen LogP contribution < -0.4 is 5.32 Å². The summed E-state index contributed by atoms with van der Waals surface area (Å²) < 4.78 is 7.10. The Morgan fingerprint density at radius 1 is 1.27 bits per heavy atom. The van der Waals surface area contributed by atoms with Gasteiger partial charge in [-0.15, -0.1) is 21.5 Å². The van der Waals surface area contributed by atoms with Crippen LogP contribution in [-0.2, 0) is 29.4 Å². The molecule has 0 saturated heterocycles. The lowest BCUT2D eigenvalue weighted by molar-refractivity contribution is -0.113. The molecule has 0 bridgehead atoms. The first-order valence-corrected chi connectivity index (χ1v) is 12.4. The highest BCUT2D eigenvalue weighted by atomic mass is 32.2. The molecule has 2 aromatic rings. The highest BCUT2D eigenvalue weighted by Gasteiger charge is 2.21.